The van der Waals surface area contributed by atoms with E-state index in [1.54, 1.807) is 6.21 Å². The van der Waals surface area contributed by atoms with E-state index in [0.717, 1.165) is 31.5 Å². The first-order valence-corrected chi connectivity index (χ1v) is 8.00. The zero-order chi connectivity index (χ0) is 15.8. The van der Waals surface area contributed by atoms with E-state index in [1.807, 2.05) is 12.1 Å². The Hall–Kier alpha value is -1.88. The Morgan fingerprint density at radius 3 is 2.50 bits per heavy atom. The molecule has 22 heavy (non-hydrogen) atoms. The SMILES string of the molecule is CCN(CC)c1ccc(/C=N/NC(=O)C2CCOCC2)cc1. The van der Waals surface area contributed by atoms with Gasteiger partial charge in [-0.3, -0.25) is 4.79 Å². The lowest BCUT2D eigenvalue weighted by molar-refractivity contribution is -0.127. The second-order valence-electron chi connectivity index (χ2n) is 5.38. The molecule has 0 radical (unpaired) electrons. The van der Waals surface area contributed by atoms with Crippen molar-refractivity contribution in [2.75, 3.05) is 31.2 Å². The fourth-order valence-electron chi connectivity index (χ4n) is 2.58. The number of hydrogen-bond acceptors (Lipinski definition) is 4. The first-order valence-electron chi connectivity index (χ1n) is 8.00. The van der Waals surface area contributed by atoms with Crippen molar-refractivity contribution in [3.63, 3.8) is 0 Å². The number of nitrogens with zero attached hydrogens (tertiary/aromatic N) is 2. The number of rotatable bonds is 6. The highest BCUT2D eigenvalue weighted by Crippen LogP contribution is 2.15. The van der Waals surface area contributed by atoms with Crippen LogP contribution in [0.2, 0.25) is 0 Å². The third-order valence-corrected chi connectivity index (χ3v) is 4.00. The van der Waals surface area contributed by atoms with Crippen LogP contribution in [0.3, 0.4) is 0 Å². The van der Waals surface area contributed by atoms with Crippen LogP contribution in [0.25, 0.3) is 0 Å². The van der Waals surface area contributed by atoms with E-state index in [2.05, 4.69) is 41.4 Å². The van der Waals surface area contributed by atoms with Crippen molar-refractivity contribution in [1.82, 2.24) is 5.43 Å². The van der Waals surface area contributed by atoms with Gasteiger partial charge in [-0.25, -0.2) is 5.43 Å². The maximum absolute atomic E-state index is 11.9. The molecule has 0 spiro atoms. The average molecular weight is 303 g/mol. The predicted molar refractivity (Wildman–Crippen MR) is 89.3 cm³/mol. The third kappa shape index (κ3) is 4.56. The fraction of sp³-hybridized carbons (Fsp3) is 0.529. The molecule has 1 aliphatic heterocycles. The van der Waals surface area contributed by atoms with Gasteiger partial charge in [-0.15, -0.1) is 0 Å². The van der Waals surface area contributed by atoms with Crippen molar-refractivity contribution < 1.29 is 9.53 Å². The number of amides is 1. The van der Waals surface area contributed by atoms with Crippen molar-refractivity contribution in [1.29, 1.82) is 0 Å². The first kappa shape index (κ1) is 16.5. The number of carbonyl (C=O) groups excluding carboxylic acids is 1. The van der Waals surface area contributed by atoms with Gasteiger partial charge in [0.15, 0.2) is 0 Å². The summed E-state index contributed by atoms with van der Waals surface area (Å²) < 4.78 is 5.25. The fourth-order valence-corrected chi connectivity index (χ4v) is 2.58. The van der Waals surface area contributed by atoms with Crippen LogP contribution < -0.4 is 10.3 Å². The molecule has 0 aromatic heterocycles. The summed E-state index contributed by atoms with van der Waals surface area (Å²) in [5, 5.41) is 4.05. The van der Waals surface area contributed by atoms with Crippen LogP contribution in [0.1, 0.15) is 32.3 Å². The Labute approximate surface area is 132 Å². The Balaban J connectivity index is 1.86. The molecule has 0 unspecified atom stereocenters. The highest BCUT2D eigenvalue weighted by Gasteiger charge is 2.20. The Morgan fingerprint density at radius 1 is 1.27 bits per heavy atom. The molecule has 1 aromatic carbocycles. The Kier molecular flexibility index (Phi) is 6.40. The van der Waals surface area contributed by atoms with Crippen LogP contribution in [0.5, 0.6) is 0 Å². The number of carbonyl (C=O) groups is 1. The van der Waals surface area contributed by atoms with Gasteiger partial charge in [0, 0.05) is 37.9 Å². The number of benzene rings is 1. The zero-order valence-electron chi connectivity index (χ0n) is 13.4. The molecule has 0 saturated carbocycles. The number of hydrogen-bond donors (Lipinski definition) is 1. The first-order chi connectivity index (χ1) is 10.7. The summed E-state index contributed by atoms with van der Waals surface area (Å²) in [6.45, 7) is 7.59. The van der Waals surface area contributed by atoms with E-state index < -0.39 is 0 Å². The monoisotopic (exact) mass is 303 g/mol. The minimum absolute atomic E-state index is 0.0145. The topological polar surface area (TPSA) is 53.9 Å². The molecule has 5 heteroatoms. The van der Waals surface area contributed by atoms with Gasteiger partial charge >= 0.3 is 0 Å². The van der Waals surface area contributed by atoms with Crippen molar-refractivity contribution in [2.24, 2.45) is 11.0 Å². The molecule has 1 aromatic rings. The number of anilines is 1. The molecular weight excluding hydrogens is 278 g/mol. The molecule has 1 heterocycles. The van der Waals surface area contributed by atoms with Crippen LogP contribution in [0.15, 0.2) is 29.4 Å². The Bertz CT molecular complexity index is 489. The van der Waals surface area contributed by atoms with E-state index >= 15 is 0 Å². The van der Waals surface area contributed by atoms with Gasteiger partial charge in [0.25, 0.3) is 0 Å². The minimum Gasteiger partial charge on any atom is -0.381 e. The van der Waals surface area contributed by atoms with Gasteiger partial charge in [-0.05, 0) is 44.4 Å². The van der Waals surface area contributed by atoms with Crippen LogP contribution in [-0.4, -0.2) is 38.4 Å². The van der Waals surface area contributed by atoms with Gasteiger partial charge in [-0.1, -0.05) is 12.1 Å². The lowest BCUT2D eigenvalue weighted by atomic mass is 10.00. The highest BCUT2D eigenvalue weighted by molar-refractivity contribution is 5.83. The van der Waals surface area contributed by atoms with Gasteiger partial charge in [-0.2, -0.15) is 5.10 Å². The lowest BCUT2D eigenvalue weighted by Gasteiger charge is -2.20. The van der Waals surface area contributed by atoms with Crippen LogP contribution in [0.4, 0.5) is 5.69 Å². The van der Waals surface area contributed by atoms with Crippen LogP contribution >= 0.6 is 0 Å². The summed E-state index contributed by atoms with van der Waals surface area (Å²) in [6.07, 6.45) is 3.24. The normalized spacial score (nSPS) is 15.9. The van der Waals surface area contributed by atoms with Crippen LogP contribution in [-0.2, 0) is 9.53 Å². The average Bonchev–Trinajstić information content (AvgIpc) is 2.58. The van der Waals surface area contributed by atoms with E-state index in [0.29, 0.717) is 13.2 Å². The van der Waals surface area contributed by atoms with Crippen molar-refractivity contribution in [3.05, 3.63) is 29.8 Å². The molecule has 5 nitrogen and oxygen atoms in total. The standard InChI is InChI=1S/C17H25N3O2/c1-3-20(4-2)16-7-5-14(6-8-16)13-18-19-17(21)15-9-11-22-12-10-15/h5-8,13,15H,3-4,9-12H2,1-2H3,(H,19,21)/b18-13+. The number of nitrogens with one attached hydrogen (secondary N) is 1. The van der Waals surface area contributed by atoms with E-state index in [1.165, 1.54) is 5.69 Å². The molecule has 0 aliphatic carbocycles. The molecule has 1 N–H and O–H groups in total. The van der Waals surface area contributed by atoms with Crippen molar-refractivity contribution >= 4 is 17.8 Å². The second kappa shape index (κ2) is 8.54. The van der Waals surface area contributed by atoms with Gasteiger partial charge in [0.1, 0.15) is 0 Å². The Morgan fingerprint density at radius 2 is 1.91 bits per heavy atom. The zero-order valence-corrected chi connectivity index (χ0v) is 13.4. The lowest BCUT2D eigenvalue weighted by Crippen LogP contribution is -2.31. The molecule has 2 rings (SSSR count). The highest BCUT2D eigenvalue weighted by atomic mass is 16.5. The van der Waals surface area contributed by atoms with Crippen molar-refractivity contribution in [2.45, 2.75) is 26.7 Å². The maximum Gasteiger partial charge on any atom is 0.243 e. The molecule has 1 fully saturated rings. The molecular formula is C17H25N3O2. The molecule has 1 saturated heterocycles. The summed E-state index contributed by atoms with van der Waals surface area (Å²) in [5.74, 6) is 0.00949. The maximum atomic E-state index is 11.9. The van der Waals surface area contributed by atoms with Crippen molar-refractivity contribution in [3.8, 4) is 0 Å². The summed E-state index contributed by atoms with van der Waals surface area (Å²) in [7, 11) is 0. The van der Waals surface area contributed by atoms with E-state index in [-0.39, 0.29) is 11.8 Å². The molecule has 0 bridgehead atoms. The minimum atomic E-state index is -0.0145. The van der Waals surface area contributed by atoms with E-state index in [4.69, 9.17) is 4.74 Å². The van der Waals surface area contributed by atoms with Gasteiger partial charge < -0.3 is 9.64 Å². The molecule has 0 atom stereocenters. The quantitative estimate of drug-likeness (QED) is 0.648. The smallest absolute Gasteiger partial charge is 0.243 e. The largest absolute Gasteiger partial charge is 0.381 e. The second-order valence-corrected chi connectivity index (χ2v) is 5.38. The summed E-state index contributed by atoms with van der Waals surface area (Å²) in [6, 6.07) is 8.18. The molecule has 120 valence electrons. The summed E-state index contributed by atoms with van der Waals surface area (Å²) in [4.78, 5) is 14.2. The van der Waals surface area contributed by atoms with Gasteiger partial charge in [0.2, 0.25) is 5.91 Å². The van der Waals surface area contributed by atoms with E-state index in [9.17, 15) is 4.79 Å². The predicted octanol–water partition coefficient (Wildman–Crippen LogP) is 2.41. The van der Waals surface area contributed by atoms with Crippen LogP contribution in [0, 0.1) is 5.92 Å². The number of ether oxygens (including phenoxy) is 1. The van der Waals surface area contributed by atoms with Gasteiger partial charge in [0.05, 0.1) is 6.21 Å². The molecule has 1 amide bonds. The molecule has 1 aliphatic rings. The number of hydrazone groups is 1. The third-order valence-electron chi connectivity index (χ3n) is 4.00. The summed E-state index contributed by atoms with van der Waals surface area (Å²) in [5.41, 5.74) is 4.80. The summed E-state index contributed by atoms with van der Waals surface area (Å²) >= 11 is 0.